The van der Waals surface area contributed by atoms with Crippen LogP contribution in [-0.4, -0.2) is 29.7 Å². The van der Waals surface area contributed by atoms with Crippen molar-refractivity contribution in [3.05, 3.63) is 90.6 Å². The summed E-state index contributed by atoms with van der Waals surface area (Å²) in [5.41, 5.74) is 1.78. The Labute approximate surface area is 211 Å². The van der Waals surface area contributed by atoms with Gasteiger partial charge in [0.25, 0.3) is 5.56 Å². The second kappa shape index (κ2) is 10.7. The third-order valence-electron chi connectivity index (χ3n) is 5.48. The maximum Gasteiger partial charge on any atom is 0.338 e. The van der Waals surface area contributed by atoms with E-state index in [9.17, 15) is 14.4 Å². The topological polar surface area (TPSA) is 96.2 Å². The quantitative estimate of drug-likeness (QED) is 0.361. The zero-order valence-corrected chi connectivity index (χ0v) is 21.3. The average molecular weight is 507 g/mol. The number of hydrogen-bond donors (Lipinski definition) is 0. The second-order valence-corrected chi connectivity index (χ2v) is 8.94. The summed E-state index contributed by atoms with van der Waals surface area (Å²) in [6.45, 7) is 7.41. The number of aromatic nitrogens is 1. The number of para-hydroxylation sites is 1. The van der Waals surface area contributed by atoms with Gasteiger partial charge in [0, 0.05) is 12.5 Å². The van der Waals surface area contributed by atoms with Crippen LogP contribution in [0.4, 0.5) is 0 Å². The maximum atomic E-state index is 13.7. The van der Waals surface area contributed by atoms with Gasteiger partial charge in [-0.3, -0.25) is 14.2 Å². The number of nitrogens with zero attached hydrogens (tertiary/aromatic N) is 2. The molecule has 2 aromatic carbocycles. The molecule has 0 amide bonds. The van der Waals surface area contributed by atoms with Crippen molar-refractivity contribution in [3.63, 3.8) is 0 Å². The standard InChI is InChI=1S/C27H26N2O6S/c1-5-33-20-13-11-18(12-14-20)24-23(26(32)34-6-2)16(3)28-27-29(24)25(31)22(36-27)15-19-9-7-8-10-21(19)35-17(4)30/h7-15,24H,5-6H2,1-4H3/b22-15-/t24-/m0/s1. The summed E-state index contributed by atoms with van der Waals surface area (Å²) in [5.74, 6) is 0.0612. The SMILES string of the molecule is CCOC(=O)C1=C(C)N=c2s/c(=C\c3ccccc3OC(C)=O)c(=O)n2[C@H]1c1ccc(OCC)cc1. The van der Waals surface area contributed by atoms with E-state index in [1.54, 1.807) is 44.2 Å². The predicted octanol–water partition coefficient (Wildman–Crippen LogP) is 3.12. The van der Waals surface area contributed by atoms with Gasteiger partial charge in [-0.15, -0.1) is 0 Å². The summed E-state index contributed by atoms with van der Waals surface area (Å²) >= 11 is 1.20. The van der Waals surface area contributed by atoms with Gasteiger partial charge < -0.3 is 14.2 Å². The van der Waals surface area contributed by atoms with Gasteiger partial charge in [-0.25, -0.2) is 9.79 Å². The molecular weight excluding hydrogens is 480 g/mol. The van der Waals surface area contributed by atoms with E-state index in [1.807, 2.05) is 31.2 Å². The Morgan fingerprint density at radius 2 is 1.81 bits per heavy atom. The molecule has 0 bridgehead atoms. The van der Waals surface area contributed by atoms with Crippen LogP contribution in [0, 0.1) is 0 Å². The van der Waals surface area contributed by atoms with E-state index in [4.69, 9.17) is 14.2 Å². The molecule has 8 nitrogen and oxygen atoms in total. The first-order valence-electron chi connectivity index (χ1n) is 11.5. The van der Waals surface area contributed by atoms with Gasteiger partial charge in [-0.2, -0.15) is 0 Å². The van der Waals surface area contributed by atoms with E-state index in [0.717, 1.165) is 5.56 Å². The van der Waals surface area contributed by atoms with Gasteiger partial charge in [0.2, 0.25) is 0 Å². The summed E-state index contributed by atoms with van der Waals surface area (Å²) in [6.07, 6.45) is 1.67. The van der Waals surface area contributed by atoms with E-state index >= 15 is 0 Å². The molecule has 2 heterocycles. The molecule has 1 atom stereocenters. The molecule has 0 aliphatic carbocycles. The highest BCUT2D eigenvalue weighted by Gasteiger charge is 2.33. The van der Waals surface area contributed by atoms with Crippen LogP contribution in [-0.2, 0) is 14.3 Å². The van der Waals surface area contributed by atoms with Gasteiger partial charge >= 0.3 is 11.9 Å². The first-order chi connectivity index (χ1) is 17.3. The molecule has 9 heteroatoms. The van der Waals surface area contributed by atoms with Gasteiger partial charge in [-0.05, 0) is 50.6 Å². The average Bonchev–Trinajstić information content (AvgIpc) is 3.14. The summed E-state index contributed by atoms with van der Waals surface area (Å²) in [7, 11) is 0. The van der Waals surface area contributed by atoms with Gasteiger partial charge in [0.15, 0.2) is 4.80 Å². The fourth-order valence-corrected chi connectivity index (χ4v) is 5.05. The van der Waals surface area contributed by atoms with Crippen molar-refractivity contribution in [2.45, 2.75) is 33.7 Å². The number of hydrogen-bond acceptors (Lipinski definition) is 8. The van der Waals surface area contributed by atoms with E-state index in [-0.39, 0.29) is 12.2 Å². The number of thiazole rings is 1. The van der Waals surface area contributed by atoms with Crippen LogP contribution in [0.15, 0.2) is 69.6 Å². The lowest BCUT2D eigenvalue weighted by atomic mass is 9.96. The summed E-state index contributed by atoms with van der Waals surface area (Å²) < 4.78 is 18.1. The monoisotopic (exact) mass is 506 g/mol. The lowest BCUT2D eigenvalue weighted by molar-refractivity contribution is -0.139. The van der Waals surface area contributed by atoms with Crippen molar-refractivity contribution < 1.29 is 23.8 Å². The molecule has 0 N–H and O–H groups in total. The highest BCUT2D eigenvalue weighted by molar-refractivity contribution is 7.07. The number of rotatable bonds is 7. The van der Waals surface area contributed by atoms with Crippen molar-refractivity contribution in [1.29, 1.82) is 0 Å². The Morgan fingerprint density at radius 3 is 2.47 bits per heavy atom. The molecule has 1 aliphatic rings. The fraction of sp³-hybridized carbons (Fsp3) is 0.259. The zero-order chi connectivity index (χ0) is 25.8. The Bertz CT molecular complexity index is 1510. The summed E-state index contributed by atoms with van der Waals surface area (Å²) in [4.78, 5) is 43.3. The predicted molar refractivity (Wildman–Crippen MR) is 136 cm³/mol. The van der Waals surface area contributed by atoms with Crippen molar-refractivity contribution in [1.82, 2.24) is 4.57 Å². The van der Waals surface area contributed by atoms with Crippen molar-refractivity contribution in [2.24, 2.45) is 4.99 Å². The lowest BCUT2D eigenvalue weighted by Crippen LogP contribution is -2.39. The number of benzene rings is 2. The Balaban J connectivity index is 1.91. The van der Waals surface area contributed by atoms with Gasteiger partial charge in [0.1, 0.15) is 11.5 Å². The minimum atomic E-state index is -0.721. The highest BCUT2D eigenvalue weighted by Crippen LogP contribution is 2.31. The van der Waals surface area contributed by atoms with Crippen LogP contribution in [0.2, 0.25) is 0 Å². The van der Waals surface area contributed by atoms with Crippen LogP contribution in [0.1, 0.15) is 44.9 Å². The molecule has 1 aliphatic heterocycles. The molecule has 0 fully saturated rings. The number of esters is 2. The lowest BCUT2D eigenvalue weighted by Gasteiger charge is -2.24. The molecular formula is C27H26N2O6S. The van der Waals surface area contributed by atoms with E-state index in [1.165, 1.54) is 22.8 Å². The van der Waals surface area contributed by atoms with Gasteiger partial charge in [-0.1, -0.05) is 41.7 Å². The number of ether oxygens (including phenoxy) is 3. The van der Waals surface area contributed by atoms with Crippen LogP contribution in [0.5, 0.6) is 11.5 Å². The van der Waals surface area contributed by atoms with Crippen LogP contribution in [0.25, 0.3) is 6.08 Å². The van der Waals surface area contributed by atoms with Gasteiger partial charge in [0.05, 0.1) is 35.1 Å². The fourth-order valence-electron chi connectivity index (χ4n) is 4.01. The Hall–Kier alpha value is -3.98. The first-order valence-corrected chi connectivity index (χ1v) is 12.4. The molecule has 0 spiro atoms. The summed E-state index contributed by atoms with van der Waals surface area (Å²) in [5, 5.41) is 0. The van der Waals surface area contributed by atoms with E-state index < -0.39 is 18.0 Å². The number of allylic oxidation sites excluding steroid dienone is 1. The highest BCUT2D eigenvalue weighted by atomic mass is 32.1. The summed E-state index contributed by atoms with van der Waals surface area (Å²) in [6, 6.07) is 13.5. The molecule has 0 radical (unpaired) electrons. The van der Waals surface area contributed by atoms with Crippen LogP contribution in [0.3, 0.4) is 0 Å². The van der Waals surface area contributed by atoms with E-state index in [0.29, 0.717) is 44.3 Å². The van der Waals surface area contributed by atoms with Crippen molar-refractivity contribution >= 4 is 29.4 Å². The van der Waals surface area contributed by atoms with Crippen molar-refractivity contribution in [3.8, 4) is 11.5 Å². The smallest absolute Gasteiger partial charge is 0.338 e. The van der Waals surface area contributed by atoms with E-state index in [2.05, 4.69) is 4.99 Å². The maximum absolute atomic E-state index is 13.7. The number of carbonyl (C=O) groups excluding carboxylic acids is 2. The molecule has 186 valence electrons. The number of fused-ring (bicyclic) bond motifs is 1. The zero-order valence-electron chi connectivity index (χ0n) is 20.4. The second-order valence-electron chi connectivity index (χ2n) is 7.94. The molecule has 0 unspecified atom stereocenters. The third kappa shape index (κ3) is 5.01. The molecule has 1 aromatic heterocycles. The molecule has 0 saturated carbocycles. The normalized spacial score (nSPS) is 15.2. The molecule has 3 aromatic rings. The first kappa shape index (κ1) is 25.1. The van der Waals surface area contributed by atoms with Crippen molar-refractivity contribution in [2.75, 3.05) is 13.2 Å². The largest absolute Gasteiger partial charge is 0.494 e. The molecule has 4 rings (SSSR count). The third-order valence-corrected chi connectivity index (χ3v) is 6.47. The Kier molecular flexibility index (Phi) is 7.49. The molecule has 0 saturated heterocycles. The Morgan fingerprint density at radius 1 is 1.08 bits per heavy atom. The minimum Gasteiger partial charge on any atom is -0.494 e. The minimum absolute atomic E-state index is 0.197. The number of carbonyl (C=O) groups is 2. The molecule has 36 heavy (non-hydrogen) atoms. The van der Waals surface area contributed by atoms with Crippen LogP contribution >= 0.6 is 11.3 Å². The van der Waals surface area contributed by atoms with Crippen LogP contribution < -0.4 is 24.4 Å².